The van der Waals surface area contributed by atoms with E-state index >= 15 is 0 Å². The molecule has 2 aliphatic heterocycles. The largest absolute Gasteiger partial charge is 0.480 e. The summed E-state index contributed by atoms with van der Waals surface area (Å²) in [6.45, 7) is 0.223. The highest BCUT2D eigenvalue weighted by molar-refractivity contribution is 7.96. The van der Waals surface area contributed by atoms with E-state index in [4.69, 9.17) is 11.5 Å². The molecule has 27 heavy (non-hydrogen) atoms. The molecule has 2 heterocycles. The zero-order valence-corrected chi connectivity index (χ0v) is 14.9. The van der Waals surface area contributed by atoms with Crippen molar-refractivity contribution in [2.24, 2.45) is 21.6 Å². The Labute approximate surface area is 156 Å². The van der Waals surface area contributed by atoms with Gasteiger partial charge in [-0.2, -0.15) is 0 Å². The molecule has 7 N–H and O–H groups in total. The van der Waals surface area contributed by atoms with Gasteiger partial charge >= 0.3 is 12.0 Å². The third-order valence-electron chi connectivity index (χ3n) is 3.35. The number of nitro groups is 1. The van der Waals surface area contributed by atoms with Crippen molar-refractivity contribution in [3.63, 3.8) is 0 Å². The maximum absolute atomic E-state index is 11.8. The van der Waals surface area contributed by atoms with Gasteiger partial charge in [-0.15, -0.1) is 10.1 Å². The first kappa shape index (κ1) is 19.9. The van der Waals surface area contributed by atoms with Crippen LogP contribution in [0.5, 0.6) is 0 Å². The minimum Gasteiger partial charge on any atom is -0.480 e. The molecule has 0 unspecified atom stereocenters. The first-order valence-electron chi connectivity index (χ1n) is 7.48. The van der Waals surface area contributed by atoms with Gasteiger partial charge in [-0.1, -0.05) is 0 Å². The molecular formula is C11H18N10O5S. The molecule has 15 nitrogen and oxygen atoms in total. The Morgan fingerprint density at radius 3 is 2.85 bits per heavy atom. The quantitative estimate of drug-likeness (QED) is 0.0724. The lowest BCUT2D eigenvalue weighted by Crippen LogP contribution is -2.51. The fourth-order valence-corrected chi connectivity index (χ4v) is 2.59. The van der Waals surface area contributed by atoms with Crippen LogP contribution in [-0.4, -0.2) is 67.4 Å². The molecular weight excluding hydrogens is 384 g/mol. The summed E-state index contributed by atoms with van der Waals surface area (Å²) in [5.74, 6) is -1.45. The highest BCUT2D eigenvalue weighted by Crippen LogP contribution is 2.23. The summed E-state index contributed by atoms with van der Waals surface area (Å²) in [5, 5.41) is 29.6. The summed E-state index contributed by atoms with van der Waals surface area (Å²) < 4.78 is 1.32. The molecule has 0 spiro atoms. The number of carbonyl (C=O) groups excluding carboxylic acids is 1. The normalized spacial score (nSPS) is 16.8. The maximum Gasteiger partial charge on any atom is 0.408 e. The molecule has 1 fully saturated rings. The van der Waals surface area contributed by atoms with Crippen LogP contribution in [0.2, 0.25) is 0 Å². The van der Waals surface area contributed by atoms with Crippen molar-refractivity contribution in [1.29, 1.82) is 0 Å². The van der Waals surface area contributed by atoms with Gasteiger partial charge in [-0.3, -0.25) is 10.3 Å². The number of hydrazone groups is 1. The molecule has 0 saturated carbocycles. The number of nitrogens with two attached hydrogens (primary N) is 2. The van der Waals surface area contributed by atoms with E-state index in [9.17, 15) is 24.8 Å². The van der Waals surface area contributed by atoms with Crippen molar-refractivity contribution in [1.82, 2.24) is 25.2 Å². The van der Waals surface area contributed by atoms with Crippen molar-refractivity contribution in [2.75, 3.05) is 12.8 Å². The number of aliphatic imine (C=N–C) groups is 1. The standard InChI is InChI=1S/C11H18N10O5S/c1-27-18-5-7(15-6(8(22)23)3-2-4-14-9(12)13)19-10(17-18)16-11(24)20(19)21(25)26/h5-6,15H,2-4H2,1H3,(H,22,23)(H4,12,13,14)(H,16,17,24)/t6-/m0/s1. The van der Waals surface area contributed by atoms with E-state index in [0.717, 1.165) is 17.0 Å². The highest BCUT2D eigenvalue weighted by atomic mass is 32.2. The van der Waals surface area contributed by atoms with Crippen molar-refractivity contribution >= 4 is 35.9 Å². The van der Waals surface area contributed by atoms with Crippen LogP contribution >= 0.6 is 11.9 Å². The fraction of sp³-hybridized carbons (Fsp3) is 0.455. The third-order valence-corrected chi connectivity index (χ3v) is 3.91. The van der Waals surface area contributed by atoms with E-state index in [-0.39, 0.29) is 35.8 Å². The van der Waals surface area contributed by atoms with Gasteiger partial charge in [0.25, 0.3) is 5.96 Å². The van der Waals surface area contributed by atoms with Crippen LogP contribution in [-0.2, 0) is 4.79 Å². The number of hydrogen-bond acceptors (Lipinski definition) is 10. The number of nitrogens with zero attached hydrogens (tertiary/aromatic N) is 6. The molecule has 0 radical (unpaired) electrons. The number of fused-ring (bicyclic) bond motifs is 1. The number of aliphatic carboxylic acids is 1. The van der Waals surface area contributed by atoms with Crippen molar-refractivity contribution in [3.05, 3.63) is 22.1 Å². The minimum absolute atomic E-state index is 0.0151. The van der Waals surface area contributed by atoms with Crippen LogP contribution in [0.25, 0.3) is 0 Å². The fourth-order valence-electron chi connectivity index (χ4n) is 2.22. The number of hydrazine groups is 2. The molecule has 0 aliphatic carbocycles. The Morgan fingerprint density at radius 2 is 2.30 bits per heavy atom. The van der Waals surface area contributed by atoms with Crippen LogP contribution in [0, 0.1) is 10.1 Å². The number of hydrogen-bond donors (Lipinski definition) is 5. The average molecular weight is 402 g/mol. The van der Waals surface area contributed by atoms with E-state index in [1.165, 1.54) is 10.6 Å². The maximum atomic E-state index is 11.8. The lowest BCUT2D eigenvalue weighted by molar-refractivity contribution is -0.662. The van der Waals surface area contributed by atoms with Crippen LogP contribution in [0.1, 0.15) is 12.8 Å². The first-order valence-corrected chi connectivity index (χ1v) is 8.66. The van der Waals surface area contributed by atoms with Crippen molar-refractivity contribution in [3.8, 4) is 0 Å². The van der Waals surface area contributed by atoms with Crippen LogP contribution in [0.4, 0.5) is 4.79 Å². The van der Waals surface area contributed by atoms with Gasteiger partial charge in [0.05, 0.1) is 11.3 Å². The smallest absolute Gasteiger partial charge is 0.408 e. The Morgan fingerprint density at radius 1 is 1.59 bits per heavy atom. The predicted octanol–water partition coefficient (Wildman–Crippen LogP) is -1.82. The predicted molar refractivity (Wildman–Crippen MR) is 94.5 cm³/mol. The Bertz CT molecular complexity index is 720. The molecule has 0 aromatic rings. The lowest BCUT2D eigenvalue weighted by atomic mass is 10.1. The van der Waals surface area contributed by atoms with Gasteiger partial charge in [0.2, 0.25) is 0 Å². The molecule has 2 rings (SSSR count). The molecule has 0 bridgehead atoms. The molecule has 2 aliphatic rings. The minimum atomic E-state index is -1.19. The summed E-state index contributed by atoms with van der Waals surface area (Å²) >= 11 is 1.14. The van der Waals surface area contributed by atoms with Crippen LogP contribution < -0.4 is 22.1 Å². The molecule has 148 valence electrons. The molecule has 0 aromatic carbocycles. The molecule has 1 atom stereocenters. The van der Waals surface area contributed by atoms with Gasteiger partial charge in [0, 0.05) is 12.8 Å². The van der Waals surface area contributed by atoms with Gasteiger partial charge < -0.3 is 21.9 Å². The summed E-state index contributed by atoms with van der Waals surface area (Å²) in [5.41, 5.74) is 10.4. The number of carboxylic acid groups (broad SMARTS) is 1. The van der Waals surface area contributed by atoms with Crippen molar-refractivity contribution < 1.29 is 19.7 Å². The van der Waals surface area contributed by atoms with E-state index < -0.39 is 23.1 Å². The Kier molecular flexibility index (Phi) is 6.11. The second-order valence-corrected chi connectivity index (χ2v) is 5.92. The third kappa shape index (κ3) is 4.60. The van der Waals surface area contributed by atoms with Gasteiger partial charge in [0.1, 0.15) is 6.04 Å². The number of amides is 2. The number of carboxylic acids is 1. The number of rotatable bonds is 9. The van der Waals surface area contributed by atoms with E-state index in [1.807, 2.05) is 0 Å². The van der Waals surface area contributed by atoms with Gasteiger partial charge in [-0.25, -0.2) is 24.1 Å². The molecule has 0 aromatic heterocycles. The van der Waals surface area contributed by atoms with Crippen molar-refractivity contribution in [2.45, 2.75) is 18.9 Å². The topological polar surface area (TPSA) is 208 Å². The summed E-state index contributed by atoms with van der Waals surface area (Å²) in [6.07, 6.45) is 3.48. The zero-order chi connectivity index (χ0) is 20.1. The van der Waals surface area contributed by atoms with E-state index in [1.54, 1.807) is 6.26 Å². The number of nitrogens with one attached hydrogen (secondary N) is 2. The summed E-state index contributed by atoms with van der Waals surface area (Å²) in [4.78, 5) is 38.4. The average Bonchev–Trinajstić information content (AvgIpc) is 2.92. The highest BCUT2D eigenvalue weighted by Gasteiger charge is 2.47. The Hall–Kier alpha value is -3.43. The van der Waals surface area contributed by atoms with Crippen LogP contribution in [0.15, 0.2) is 22.1 Å². The van der Waals surface area contributed by atoms with Gasteiger partial charge in [0.15, 0.2) is 16.8 Å². The monoisotopic (exact) mass is 402 g/mol. The second kappa shape index (κ2) is 8.30. The summed E-state index contributed by atoms with van der Waals surface area (Å²) in [7, 11) is 0. The molecule has 16 heteroatoms. The number of carbonyl (C=O) groups is 2. The Balaban J connectivity index is 2.20. The van der Waals surface area contributed by atoms with E-state index in [0.29, 0.717) is 6.42 Å². The SMILES string of the molecule is CSN1C=C(N[C@@H](CCCN=C(N)N)C(=O)O)N2C(=N1)NC(=O)N2[N+](=O)[O-]. The molecule has 2 amide bonds. The molecule has 1 saturated heterocycles. The lowest BCUT2D eigenvalue weighted by Gasteiger charge is -2.29. The first-order chi connectivity index (χ1) is 12.7. The second-order valence-electron chi connectivity index (χ2n) is 5.18. The summed E-state index contributed by atoms with van der Waals surface area (Å²) in [6, 6.07) is -2.15. The zero-order valence-electron chi connectivity index (χ0n) is 14.1. The number of guanidine groups is 2. The van der Waals surface area contributed by atoms with E-state index in [2.05, 4.69) is 20.7 Å². The van der Waals surface area contributed by atoms with Gasteiger partial charge in [-0.05, 0) is 24.8 Å². The number of urea groups is 1. The van der Waals surface area contributed by atoms with Crippen LogP contribution in [0.3, 0.4) is 0 Å².